The van der Waals surface area contributed by atoms with Gasteiger partial charge < -0.3 is 15.5 Å². The number of hydrogen-bond acceptors (Lipinski definition) is 3. The van der Waals surface area contributed by atoms with Crippen LogP contribution in [-0.2, 0) is 4.79 Å². The lowest BCUT2D eigenvalue weighted by atomic mass is 9.97. The molecular weight excluding hydrogens is 226 g/mol. The van der Waals surface area contributed by atoms with Crippen LogP contribution >= 0.6 is 0 Å². The van der Waals surface area contributed by atoms with Crippen LogP contribution in [-0.4, -0.2) is 49.1 Å². The summed E-state index contributed by atoms with van der Waals surface area (Å²) >= 11 is 0. The van der Waals surface area contributed by atoms with Gasteiger partial charge >= 0.3 is 0 Å². The second-order valence-electron chi connectivity index (χ2n) is 6.13. The maximum absolute atomic E-state index is 11.9. The first-order valence-electron chi connectivity index (χ1n) is 7.58. The Hall–Kier alpha value is -0.610. The molecule has 2 unspecified atom stereocenters. The average Bonchev–Trinajstić information content (AvgIpc) is 3.11. The highest BCUT2D eigenvalue weighted by Crippen LogP contribution is 2.30. The molecule has 0 spiro atoms. The Kier molecular flexibility index (Phi) is 3.85. The number of amides is 1. The predicted molar refractivity (Wildman–Crippen MR) is 71.4 cm³/mol. The molecule has 0 aromatic rings. The molecule has 3 rings (SSSR count). The first-order chi connectivity index (χ1) is 8.83. The van der Waals surface area contributed by atoms with Crippen LogP contribution < -0.4 is 10.6 Å². The zero-order valence-corrected chi connectivity index (χ0v) is 11.2. The third-order valence-electron chi connectivity index (χ3n) is 4.56. The Morgan fingerprint density at radius 1 is 1.22 bits per heavy atom. The van der Waals surface area contributed by atoms with Crippen LogP contribution in [0.1, 0.15) is 38.5 Å². The summed E-state index contributed by atoms with van der Waals surface area (Å²) in [5.74, 6) is 0.890. The summed E-state index contributed by atoms with van der Waals surface area (Å²) < 4.78 is 0. The van der Waals surface area contributed by atoms with Crippen molar-refractivity contribution in [3.8, 4) is 0 Å². The molecule has 0 aromatic heterocycles. The predicted octanol–water partition coefficient (Wildman–Crippen LogP) is 0.729. The molecule has 2 atom stereocenters. The summed E-state index contributed by atoms with van der Waals surface area (Å²) in [6.07, 6.45) is 7.51. The number of rotatable bonds is 4. The highest BCUT2D eigenvalue weighted by atomic mass is 16.2. The Balaban J connectivity index is 1.40. The molecule has 0 bridgehead atoms. The van der Waals surface area contributed by atoms with Crippen molar-refractivity contribution in [1.29, 1.82) is 0 Å². The molecule has 18 heavy (non-hydrogen) atoms. The van der Waals surface area contributed by atoms with Crippen molar-refractivity contribution in [2.45, 2.75) is 50.6 Å². The van der Waals surface area contributed by atoms with Gasteiger partial charge in [0.25, 0.3) is 0 Å². The van der Waals surface area contributed by atoms with Crippen molar-refractivity contribution in [1.82, 2.24) is 15.5 Å². The normalized spacial score (nSPS) is 33.6. The second kappa shape index (κ2) is 5.57. The largest absolute Gasteiger partial charge is 0.354 e. The molecule has 3 fully saturated rings. The van der Waals surface area contributed by atoms with E-state index in [2.05, 4.69) is 15.5 Å². The van der Waals surface area contributed by atoms with Gasteiger partial charge in [0.05, 0.1) is 6.04 Å². The average molecular weight is 251 g/mol. The van der Waals surface area contributed by atoms with E-state index in [0.717, 1.165) is 32.0 Å². The molecule has 2 saturated heterocycles. The van der Waals surface area contributed by atoms with Gasteiger partial charge in [-0.2, -0.15) is 0 Å². The minimum atomic E-state index is 0.0770. The number of nitrogens with zero attached hydrogens (tertiary/aromatic N) is 1. The van der Waals surface area contributed by atoms with E-state index in [1.54, 1.807) is 0 Å². The lowest BCUT2D eigenvalue weighted by Crippen LogP contribution is -2.45. The van der Waals surface area contributed by atoms with E-state index < -0.39 is 0 Å². The van der Waals surface area contributed by atoms with E-state index in [1.807, 2.05) is 0 Å². The van der Waals surface area contributed by atoms with Gasteiger partial charge in [-0.1, -0.05) is 0 Å². The van der Waals surface area contributed by atoms with Gasteiger partial charge in [0.15, 0.2) is 0 Å². The fraction of sp³-hybridized carbons (Fsp3) is 0.929. The minimum Gasteiger partial charge on any atom is -0.354 e. The van der Waals surface area contributed by atoms with Gasteiger partial charge in [0.2, 0.25) is 5.91 Å². The number of carbonyl (C=O) groups is 1. The van der Waals surface area contributed by atoms with Crippen LogP contribution in [0.15, 0.2) is 0 Å². The molecule has 2 aliphatic heterocycles. The summed E-state index contributed by atoms with van der Waals surface area (Å²) in [4.78, 5) is 14.6. The third-order valence-corrected chi connectivity index (χ3v) is 4.56. The number of carbonyl (C=O) groups excluding carboxylic acids is 1. The van der Waals surface area contributed by atoms with Crippen molar-refractivity contribution in [2.24, 2.45) is 5.92 Å². The van der Waals surface area contributed by atoms with Crippen molar-refractivity contribution >= 4 is 5.91 Å². The molecule has 0 aromatic carbocycles. The van der Waals surface area contributed by atoms with Gasteiger partial charge in [-0.3, -0.25) is 4.79 Å². The van der Waals surface area contributed by atoms with Crippen molar-refractivity contribution < 1.29 is 4.79 Å². The van der Waals surface area contributed by atoms with Gasteiger partial charge in [-0.05, 0) is 57.5 Å². The first-order valence-corrected chi connectivity index (χ1v) is 7.58. The van der Waals surface area contributed by atoms with Crippen LogP contribution in [0.3, 0.4) is 0 Å². The van der Waals surface area contributed by atoms with Gasteiger partial charge in [0.1, 0.15) is 0 Å². The minimum absolute atomic E-state index is 0.0770. The summed E-state index contributed by atoms with van der Waals surface area (Å²) in [5.41, 5.74) is 0. The van der Waals surface area contributed by atoms with E-state index in [-0.39, 0.29) is 11.9 Å². The molecule has 2 heterocycles. The lowest BCUT2D eigenvalue weighted by molar-refractivity contribution is -0.123. The number of likely N-dealkylation sites (tertiary alicyclic amines) is 1. The molecule has 1 amide bonds. The van der Waals surface area contributed by atoms with Crippen molar-refractivity contribution in [3.63, 3.8) is 0 Å². The van der Waals surface area contributed by atoms with Gasteiger partial charge in [0, 0.05) is 19.1 Å². The van der Waals surface area contributed by atoms with E-state index in [0.29, 0.717) is 5.92 Å². The number of hydrogen-bond donors (Lipinski definition) is 2. The second-order valence-corrected chi connectivity index (χ2v) is 6.13. The molecule has 0 radical (unpaired) electrons. The van der Waals surface area contributed by atoms with Crippen LogP contribution in [0, 0.1) is 5.92 Å². The maximum atomic E-state index is 11.9. The van der Waals surface area contributed by atoms with Crippen molar-refractivity contribution in [2.75, 3.05) is 26.2 Å². The Morgan fingerprint density at radius 2 is 2.11 bits per heavy atom. The van der Waals surface area contributed by atoms with Gasteiger partial charge in [-0.15, -0.1) is 0 Å². The maximum Gasteiger partial charge on any atom is 0.237 e. The third kappa shape index (κ3) is 3.04. The Bertz CT molecular complexity index is 297. The topological polar surface area (TPSA) is 44.4 Å². The lowest BCUT2D eigenvalue weighted by Gasteiger charge is -2.33. The zero-order valence-electron chi connectivity index (χ0n) is 11.2. The molecular formula is C14H25N3O. The fourth-order valence-electron chi connectivity index (χ4n) is 3.31. The zero-order chi connectivity index (χ0) is 12.4. The summed E-state index contributed by atoms with van der Waals surface area (Å²) in [5, 5.41) is 6.40. The summed E-state index contributed by atoms with van der Waals surface area (Å²) in [6.45, 7) is 4.35. The monoisotopic (exact) mass is 251 g/mol. The van der Waals surface area contributed by atoms with E-state index in [9.17, 15) is 4.79 Å². The summed E-state index contributed by atoms with van der Waals surface area (Å²) in [7, 11) is 0. The van der Waals surface area contributed by atoms with Crippen LogP contribution in [0.25, 0.3) is 0 Å². The van der Waals surface area contributed by atoms with Crippen LogP contribution in [0.2, 0.25) is 0 Å². The molecule has 2 N–H and O–H groups in total. The molecule has 102 valence electrons. The van der Waals surface area contributed by atoms with E-state index in [4.69, 9.17) is 0 Å². The Morgan fingerprint density at radius 3 is 2.83 bits per heavy atom. The number of nitrogens with one attached hydrogen (secondary N) is 2. The standard InChI is InChI=1S/C14H25N3O/c18-14(13-4-1-7-15-13)16-9-11-3-2-8-17(10-11)12-5-6-12/h11-13,15H,1-10H2,(H,16,18). The fourth-order valence-corrected chi connectivity index (χ4v) is 3.31. The quantitative estimate of drug-likeness (QED) is 0.774. The molecule has 3 aliphatic rings. The van der Waals surface area contributed by atoms with E-state index >= 15 is 0 Å². The van der Waals surface area contributed by atoms with Crippen LogP contribution in [0.5, 0.6) is 0 Å². The van der Waals surface area contributed by atoms with Gasteiger partial charge in [-0.25, -0.2) is 0 Å². The molecule has 1 saturated carbocycles. The van der Waals surface area contributed by atoms with Crippen molar-refractivity contribution in [3.05, 3.63) is 0 Å². The smallest absolute Gasteiger partial charge is 0.237 e. The number of piperidine rings is 1. The highest BCUT2D eigenvalue weighted by Gasteiger charge is 2.32. The van der Waals surface area contributed by atoms with Crippen LogP contribution in [0.4, 0.5) is 0 Å². The SMILES string of the molecule is O=C(NCC1CCCN(C2CC2)C1)C1CCCN1. The summed E-state index contributed by atoms with van der Waals surface area (Å²) in [6, 6.07) is 0.952. The van der Waals surface area contributed by atoms with E-state index in [1.165, 1.54) is 38.8 Å². The highest BCUT2D eigenvalue weighted by molar-refractivity contribution is 5.81. The Labute approximate surface area is 109 Å². The molecule has 4 heteroatoms. The first kappa shape index (κ1) is 12.4. The molecule has 1 aliphatic carbocycles. The molecule has 4 nitrogen and oxygen atoms in total.